The van der Waals surface area contributed by atoms with E-state index in [1.54, 1.807) is 0 Å². The van der Waals surface area contributed by atoms with Crippen molar-refractivity contribution >= 4 is 5.78 Å². The first-order valence-electron chi connectivity index (χ1n) is 4.06. The van der Waals surface area contributed by atoms with E-state index in [1.807, 2.05) is 20.9 Å². The minimum absolute atomic E-state index is 0.0422. The van der Waals surface area contributed by atoms with Crippen LogP contribution in [-0.4, -0.2) is 28.8 Å². The fraction of sp³-hybridized carbons (Fsp3) is 0.889. The first-order valence-corrected chi connectivity index (χ1v) is 4.06. The number of carbonyl (C=O) groups excluding carboxylic acids is 1. The molecule has 0 radical (unpaired) electrons. The van der Waals surface area contributed by atoms with Crippen molar-refractivity contribution in [1.82, 2.24) is 4.90 Å². The van der Waals surface area contributed by atoms with E-state index in [1.165, 1.54) is 0 Å². The summed E-state index contributed by atoms with van der Waals surface area (Å²) >= 11 is 0. The summed E-state index contributed by atoms with van der Waals surface area (Å²) in [7, 11) is 2.02. The van der Waals surface area contributed by atoms with Crippen LogP contribution in [0, 0.1) is 0 Å². The van der Waals surface area contributed by atoms with Crippen LogP contribution >= 0.6 is 0 Å². The van der Waals surface area contributed by atoms with Crippen molar-refractivity contribution < 1.29 is 4.79 Å². The first kappa shape index (κ1) is 8.72. The van der Waals surface area contributed by atoms with Crippen LogP contribution in [0.15, 0.2) is 0 Å². The van der Waals surface area contributed by atoms with E-state index >= 15 is 0 Å². The Hall–Kier alpha value is -0.370. The maximum atomic E-state index is 11.5. The third kappa shape index (κ3) is 1.09. The molecule has 1 rings (SSSR count). The van der Waals surface area contributed by atoms with Crippen LogP contribution in [0.3, 0.4) is 0 Å². The average molecular weight is 155 g/mol. The molecule has 0 bridgehead atoms. The molecule has 0 spiro atoms. The van der Waals surface area contributed by atoms with E-state index in [2.05, 4.69) is 18.7 Å². The second-order valence-corrected chi connectivity index (χ2v) is 4.53. The Bertz CT molecular complexity index is 194. The fourth-order valence-electron chi connectivity index (χ4n) is 1.67. The third-order valence-corrected chi connectivity index (χ3v) is 3.02. The van der Waals surface area contributed by atoms with Gasteiger partial charge in [0.15, 0.2) is 5.78 Å². The lowest BCUT2D eigenvalue weighted by Gasteiger charge is -2.35. The SMILES string of the molecule is CN1C(C)(C)CC(=O)C1(C)C. The molecule has 1 heterocycles. The van der Waals surface area contributed by atoms with Gasteiger partial charge in [0.1, 0.15) is 0 Å². The van der Waals surface area contributed by atoms with E-state index in [-0.39, 0.29) is 11.1 Å². The van der Waals surface area contributed by atoms with Crippen LogP contribution in [0.4, 0.5) is 0 Å². The van der Waals surface area contributed by atoms with Gasteiger partial charge in [-0.3, -0.25) is 9.69 Å². The van der Waals surface area contributed by atoms with E-state index in [4.69, 9.17) is 0 Å². The lowest BCUT2D eigenvalue weighted by Crippen LogP contribution is -2.46. The molecule has 64 valence electrons. The van der Waals surface area contributed by atoms with Crippen LogP contribution < -0.4 is 0 Å². The molecule has 0 N–H and O–H groups in total. The highest BCUT2D eigenvalue weighted by Crippen LogP contribution is 2.35. The number of ketones is 1. The summed E-state index contributed by atoms with van der Waals surface area (Å²) < 4.78 is 0. The van der Waals surface area contributed by atoms with Crippen molar-refractivity contribution in [2.45, 2.75) is 45.2 Å². The molecule has 1 fully saturated rings. The molecular formula is C9H17NO. The molecule has 1 aliphatic rings. The Morgan fingerprint density at radius 1 is 1.27 bits per heavy atom. The smallest absolute Gasteiger partial charge is 0.154 e. The monoisotopic (exact) mass is 155 g/mol. The Kier molecular flexibility index (Phi) is 1.64. The zero-order valence-corrected chi connectivity index (χ0v) is 8.06. The van der Waals surface area contributed by atoms with Crippen LogP contribution in [0.1, 0.15) is 34.1 Å². The van der Waals surface area contributed by atoms with Gasteiger partial charge in [0.05, 0.1) is 5.54 Å². The van der Waals surface area contributed by atoms with Gasteiger partial charge >= 0.3 is 0 Å². The molecule has 11 heavy (non-hydrogen) atoms. The molecule has 0 aromatic rings. The molecule has 1 aliphatic heterocycles. The predicted octanol–water partition coefficient (Wildman–Crippen LogP) is 1.45. The van der Waals surface area contributed by atoms with Crippen LogP contribution in [0.25, 0.3) is 0 Å². The van der Waals surface area contributed by atoms with Gasteiger partial charge in [0.2, 0.25) is 0 Å². The average Bonchev–Trinajstić information content (AvgIpc) is 1.94. The van der Waals surface area contributed by atoms with Gasteiger partial charge in [-0.2, -0.15) is 0 Å². The molecule has 0 aliphatic carbocycles. The summed E-state index contributed by atoms with van der Waals surface area (Å²) in [4.78, 5) is 13.6. The zero-order valence-electron chi connectivity index (χ0n) is 8.06. The quantitative estimate of drug-likeness (QED) is 0.527. The largest absolute Gasteiger partial charge is 0.298 e. The number of likely N-dealkylation sites (N-methyl/N-ethyl adjacent to an activating group) is 1. The molecule has 0 atom stereocenters. The van der Waals surface area contributed by atoms with Crippen molar-refractivity contribution in [3.63, 3.8) is 0 Å². The summed E-state index contributed by atoms with van der Waals surface area (Å²) in [5.74, 6) is 0.352. The maximum Gasteiger partial charge on any atom is 0.154 e. The first-order chi connectivity index (χ1) is 4.78. The Balaban J connectivity index is 2.98. The van der Waals surface area contributed by atoms with Crippen molar-refractivity contribution in [3.8, 4) is 0 Å². The van der Waals surface area contributed by atoms with Gasteiger partial charge in [0.25, 0.3) is 0 Å². The maximum absolute atomic E-state index is 11.5. The molecule has 0 saturated carbocycles. The van der Waals surface area contributed by atoms with E-state index < -0.39 is 0 Å². The molecular weight excluding hydrogens is 138 g/mol. The number of hydrogen-bond donors (Lipinski definition) is 0. The summed E-state index contributed by atoms with van der Waals surface area (Å²) in [6, 6.07) is 0. The molecule has 0 amide bonds. The van der Waals surface area contributed by atoms with E-state index in [0.29, 0.717) is 12.2 Å². The van der Waals surface area contributed by atoms with Crippen LogP contribution in [-0.2, 0) is 4.79 Å². The molecule has 2 nitrogen and oxygen atoms in total. The van der Waals surface area contributed by atoms with E-state index in [0.717, 1.165) is 0 Å². The lowest BCUT2D eigenvalue weighted by molar-refractivity contribution is -0.123. The van der Waals surface area contributed by atoms with Crippen molar-refractivity contribution in [2.24, 2.45) is 0 Å². The van der Waals surface area contributed by atoms with Crippen molar-refractivity contribution in [3.05, 3.63) is 0 Å². The molecule has 0 aromatic carbocycles. The van der Waals surface area contributed by atoms with Crippen molar-refractivity contribution in [1.29, 1.82) is 0 Å². The number of likely N-dealkylation sites (tertiary alicyclic amines) is 1. The number of hydrogen-bond acceptors (Lipinski definition) is 2. The summed E-state index contributed by atoms with van der Waals surface area (Å²) in [6.07, 6.45) is 0.677. The third-order valence-electron chi connectivity index (χ3n) is 3.02. The predicted molar refractivity (Wildman–Crippen MR) is 45.5 cm³/mol. The molecule has 0 aromatic heterocycles. The van der Waals surface area contributed by atoms with Gasteiger partial charge in [0, 0.05) is 12.0 Å². The zero-order chi connectivity index (χ0) is 8.86. The number of rotatable bonds is 0. The Labute approximate surface area is 68.6 Å². The standard InChI is InChI=1S/C9H17NO/c1-8(2)6-7(11)9(3,4)10(8)5/h6H2,1-5H3. The highest BCUT2D eigenvalue weighted by atomic mass is 16.1. The fourth-order valence-corrected chi connectivity index (χ4v) is 1.67. The summed E-state index contributed by atoms with van der Waals surface area (Å²) in [5.41, 5.74) is -0.218. The topological polar surface area (TPSA) is 20.3 Å². The van der Waals surface area contributed by atoms with Gasteiger partial charge < -0.3 is 0 Å². The molecule has 0 unspecified atom stereocenters. The Morgan fingerprint density at radius 2 is 1.73 bits per heavy atom. The normalized spacial score (nSPS) is 29.4. The number of nitrogens with zero attached hydrogens (tertiary/aromatic N) is 1. The number of carbonyl (C=O) groups is 1. The van der Waals surface area contributed by atoms with Crippen LogP contribution in [0.5, 0.6) is 0 Å². The number of Topliss-reactive ketones (excluding diaryl/α,β-unsaturated/α-hetero) is 1. The highest BCUT2D eigenvalue weighted by molar-refractivity contribution is 5.90. The summed E-state index contributed by atoms with van der Waals surface area (Å²) in [5, 5.41) is 0. The minimum Gasteiger partial charge on any atom is -0.298 e. The minimum atomic E-state index is -0.260. The van der Waals surface area contributed by atoms with Crippen molar-refractivity contribution in [2.75, 3.05) is 7.05 Å². The van der Waals surface area contributed by atoms with Gasteiger partial charge in [-0.1, -0.05) is 0 Å². The lowest BCUT2D eigenvalue weighted by atomic mass is 9.99. The second-order valence-electron chi connectivity index (χ2n) is 4.53. The van der Waals surface area contributed by atoms with Crippen LogP contribution in [0.2, 0.25) is 0 Å². The molecule has 1 saturated heterocycles. The highest BCUT2D eigenvalue weighted by Gasteiger charge is 2.48. The molecule has 2 heteroatoms. The Morgan fingerprint density at radius 3 is 1.82 bits per heavy atom. The van der Waals surface area contributed by atoms with Gasteiger partial charge in [-0.25, -0.2) is 0 Å². The van der Waals surface area contributed by atoms with Gasteiger partial charge in [-0.15, -0.1) is 0 Å². The van der Waals surface area contributed by atoms with Gasteiger partial charge in [-0.05, 0) is 34.7 Å². The van der Waals surface area contributed by atoms with E-state index in [9.17, 15) is 4.79 Å². The second kappa shape index (κ2) is 2.07. The summed E-state index contributed by atoms with van der Waals surface area (Å²) in [6.45, 7) is 8.20.